The summed E-state index contributed by atoms with van der Waals surface area (Å²) in [7, 11) is 1.48. The van der Waals surface area contributed by atoms with Crippen LogP contribution in [0.25, 0.3) is 0 Å². The number of aliphatic hydroxyl groups excluding tert-OH is 1. The second kappa shape index (κ2) is 5.88. The van der Waals surface area contributed by atoms with Gasteiger partial charge in [0.15, 0.2) is 17.6 Å². The standard InChI is InChI=1S/C11H14BrNO4/c1-6(11(13)15)17-10-8(12)3-7(5-14)4-9(10)16-2/h3-4,6,14H,5H2,1-2H3,(H2,13,15). The molecule has 6 heteroatoms. The molecular weight excluding hydrogens is 290 g/mol. The van der Waals surface area contributed by atoms with Crippen LogP contribution in [0.5, 0.6) is 11.5 Å². The van der Waals surface area contributed by atoms with Crippen molar-refractivity contribution in [1.29, 1.82) is 0 Å². The molecule has 5 nitrogen and oxygen atoms in total. The Kier molecular flexibility index (Phi) is 4.77. The number of ether oxygens (including phenoxy) is 2. The van der Waals surface area contributed by atoms with Gasteiger partial charge in [-0.05, 0) is 40.5 Å². The van der Waals surface area contributed by atoms with Crippen LogP contribution in [0.1, 0.15) is 12.5 Å². The fraction of sp³-hybridized carbons (Fsp3) is 0.364. The molecule has 1 atom stereocenters. The van der Waals surface area contributed by atoms with Gasteiger partial charge < -0.3 is 20.3 Å². The predicted octanol–water partition coefficient (Wildman–Crippen LogP) is 1.20. The van der Waals surface area contributed by atoms with Crippen molar-refractivity contribution in [3.8, 4) is 11.5 Å². The van der Waals surface area contributed by atoms with Crippen LogP contribution < -0.4 is 15.2 Å². The summed E-state index contributed by atoms with van der Waals surface area (Å²) < 4.78 is 11.1. The van der Waals surface area contributed by atoms with Crippen LogP contribution in [0.15, 0.2) is 16.6 Å². The highest BCUT2D eigenvalue weighted by molar-refractivity contribution is 9.10. The minimum Gasteiger partial charge on any atom is -0.493 e. The lowest BCUT2D eigenvalue weighted by atomic mass is 10.2. The number of hydrogen-bond acceptors (Lipinski definition) is 4. The molecule has 0 spiro atoms. The van der Waals surface area contributed by atoms with E-state index in [1.54, 1.807) is 19.1 Å². The molecule has 1 rings (SSSR count). The highest BCUT2D eigenvalue weighted by Crippen LogP contribution is 2.37. The summed E-state index contributed by atoms with van der Waals surface area (Å²) in [5.74, 6) is 0.248. The van der Waals surface area contributed by atoms with Gasteiger partial charge in [-0.1, -0.05) is 0 Å². The molecule has 3 N–H and O–H groups in total. The largest absolute Gasteiger partial charge is 0.493 e. The average Bonchev–Trinajstić information content (AvgIpc) is 2.30. The van der Waals surface area contributed by atoms with E-state index < -0.39 is 12.0 Å². The van der Waals surface area contributed by atoms with Crippen LogP contribution in [0.3, 0.4) is 0 Å². The number of carbonyl (C=O) groups is 1. The number of aliphatic hydroxyl groups is 1. The van der Waals surface area contributed by atoms with Gasteiger partial charge in [0.1, 0.15) is 0 Å². The second-order valence-corrected chi connectivity index (χ2v) is 4.28. The van der Waals surface area contributed by atoms with Crippen LogP contribution in [0.4, 0.5) is 0 Å². The lowest BCUT2D eigenvalue weighted by Crippen LogP contribution is -2.30. The van der Waals surface area contributed by atoms with Crippen LogP contribution in [-0.2, 0) is 11.4 Å². The van der Waals surface area contributed by atoms with Crippen LogP contribution in [0.2, 0.25) is 0 Å². The zero-order valence-electron chi connectivity index (χ0n) is 9.57. The molecule has 0 radical (unpaired) electrons. The van der Waals surface area contributed by atoms with E-state index in [2.05, 4.69) is 15.9 Å². The van der Waals surface area contributed by atoms with Gasteiger partial charge in [0.05, 0.1) is 18.2 Å². The van der Waals surface area contributed by atoms with Gasteiger partial charge in [-0.25, -0.2) is 0 Å². The first-order valence-corrected chi connectivity index (χ1v) is 5.72. The van der Waals surface area contributed by atoms with E-state index in [0.29, 0.717) is 21.5 Å². The van der Waals surface area contributed by atoms with Gasteiger partial charge >= 0.3 is 0 Å². The monoisotopic (exact) mass is 303 g/mol. The Labute approximate surface area is 108 Å². The number of methoxy groups -OCH3 is 1. The topological polar surface area (TPSA) is 81.8 Å². The molecule has 0 aromatic heterocycles. The molecule has 0 aliphatic rings. The Morgan fingerprint density at radius 1 is 1.59 bits per heavy atom. The van der Waals surface area contributed by atoms with Crippen molar-refractivity contribution < 1.29 is 19.4 Å². The van der Waals surface area contributed by atoms with Crippen LogP contribution in [-0.4, -0.2) is 24.2 Å². The van der Waals surface area contributed by atoms with Gasteiger partial charge in [-0.3, -0.25) is 4.79 Å². The Morgan fingerprint density at radius 3 is 2.71 bits per heavy atom. The molecule has 1 unspecified atom stereocenters. The molecule has 1 aromatic carbocycles. The number of benzene rings is 1. The van der Waals surface area contributed by atoms with Gasteiger partial charge in [-0.15, -0.1) is 0 Å². The molecule has 0 saturated heterocycles. The van der Waals surface area contributed by atoms with E-state index >= 15 is 0 Å². The SMILES string of the molecule is COc1cc(CO)cc(Br)c1OC(C)C(N)=O. The van der Waals surface area contributed by atoms with Gasteiger partial charge in [0, 0.05) is 0 Å². The number of nitrogens with two attached hydrogens (primary N) is 1. The van der Waals surface area contributed by atoms with Gasteiger partial charge in [0.25, 0.3) is 5.91 Å². The van der Waals surface area contributed by atoms with E-state index in [-0.39, 0.29) is 6.61 Å². The van der Waals surface area contributed by atoms with Gasteiger partial charge in [0.2, 0.25) is 0 Å². The Bertz CT molecular complexity index is 422. The maximum Gasteiger partial charge on any atom is 0.258 e. The van der Waals surface area contributed by atoms with Crippen molar-refractivity contribution in [2.75, 3.05) is 7.11 Å². The van der Waals surface area contributed by atoms with Crippen molar-refractivity contribution in [2.45, 2.75) is 19.6 Å². The molecular formula is C11H14BrNO4. The van der Waals surface area contributed by atoms with E-state index in [4.69, 9.17) is 20.3 Å². The number of primary amides is 1. The lowest BCUT2D eigenvalue weighted by molar-refractivity contribution is -0.124. The van der Waals surface area contributed by atoms with Crippen LogP contribution in [0, 0.1) is 0 Å². The third-order valence-electron chi connectivity index (χ3n) is 2.17. The van der Waals surface area contributed by atoms with E-state index in [1.165, 1.54) is 7.11 Å². The molecule has 0 aliphatic carbocycles. The highest BCUT2D eigenvalue weighted by Gasteiger charge is 2.17. The Balaban J connectivity index is 3.09. The van der Waals surface area contributed by atoms with Crippen molar-refractivity contribution >= 4 is 21.8 Å². The average molecular weight is 304 g/mol. The summed E-state index contributed by atoms with van der Waals surface area (Å²) in [6.45, 7) is 1.44. The Hall–Kier alpha value is -1.27. The Morgan fingerprint density at radius 2 is 2.24 bits per heavy atom. The van der Waals surface area contributed by atoms with E-state index in [9.17, 15) is 4.79 Å². The second-order valence-electron chi connectivity index (χ2n) is 3.43. The quantitative estimate of drug-likeness (QED) is 0.856. The molecule has 0 saturated carbocycles. The molecule has 0 aliphatic heterocycles. The normalized spacial score (nSPS) is 12.0. The van der Waals surface area contributed by atoms with Crippen molar-refractivity contribution in [2.24, 2.45) is 5.73 Å². The van der Waals surface area contributed by atoms with Crippen molar-refractivity contribution in [3.05, 3.63) is 22.2 Å². The third kappa shape index (κ3) is 3.34. The first-order chi connectivity index (χ1) is 7.99. The summed E-state index contributed by atoms with van der Waals surface area (Å²) >= 11 is 3.29. The summed E-state index contributed by atoms with van der Waals surface area (Å²) in [5, 5.41) is 9.05. The van der Waals surface area contributed by atoms with Crippen molar-refractivity contribution in [1.82, 2.24) is 0 Å². The summed E-state index contributed by atoms with van der Waals surface area (Å²) in [6.07, 6.45) is -0.764. The number of amides is 1. The minimum atomic E-state index is -0.764. The predicted molar refractivity (Wildman–Crippen MR) is 65.9 cm³/mol. The van der Waals surface area contributed by atoms with Crippen molar-refractivity contribution in [3.63, 3.8) is 0 Å². The highest BCUT2D eigenvalue weighted by atomic mass is 79.9. The zero-order valence-corrected chi connectivity index (χ0v) is 11.2. The molecule has 0 bridgehead atoms. The zero-order chi connectivity index (χ0) is 13.0. The molecule has 1 amide bonds. The molecule has 17 heavy (non-hydrogen) atoms. The van der Waals surface area contributed by atoms with E-state index in [0.717, 1.165) is 0 Å². The lowest BCUT2D eigenvalue weighted by Gasteiger charge is -2.16. The van der Waals surface area contributed by atoms with E-state index in [1.807, 2.05) is 0 Å². The third-order valence-corrected chi connectivity index (χ3v) is 2.76. The first kappa shape index (κ1) is 13.8. The number of halogens is 1. The fourth-order valence-corrected chi connectivity index (χ4v) is 1.80. The molecule has 1 aromatic rings. The molecule has 94 valence electrons. The number of rotatable bonds is 5. The maximum absolute atomic E-state index is 10.9. The maximum atomic E-state index is 10.9. The number of hydrogen-bond donors (Lipinski definition) is 2. The molecule has 0 fully saturated rings. The fourth-order valence-electron chi connectivity index (χ4n) is 1.21. The first-order valence-electron chi connectivity index (χ1n) is 4.92. The number of carbonyl (C=O) groups excluding carboxylic acids is 1. The summed E-state index contributed by atoms with van der Waals surface area (Å²) in [5.41, 5.74) is 5.80. The summed E-state index contributed by atoms with van der Waals surface area (Å²) in [6, 6.07) is 3.32. The summed E-state index contributed by atoms with van der Waals surface area (Å²) in [4.78, 5) is 10.9. The van der Waals surface area contributed by atoms with Gasteiger partial charge in [-0.2, -0.15) is 0 Å². The van der Waals surface area contributed by atoms with Crippen LogP contribution >= 0.6 is 15.9 Å². The molecule has 0 heterocycles. The smallest absolute Gasteiger partial charge is 0.258 e. The minimum absolute atomic E-state index is 0.111.